The topological polar surface area (TPSA) is 98.0 Å². The molecule has 8 nitrogen and oxygen atoms in total. The molecule has 1 aromatic heterocycles. The fraction of sp³-hybridized carbons (Fsp3) is 0.750. The van der Waals surface area contributed by atoms with Gasteiger partial charge in [-0.3, -0.25) is 9.59 Å². The number of amides is 2. The Balaban J connectivity index is 1.31. The highest BCUT2D eigenvalue weighted by Crippen LogP contribution is 2.34. The number of hydrogen-bond donors (Lipinski definition) is 1. The lowest BCUT2D eigenvalue weighted by atomic mass is 10.0. The van der Waals surface area contributed by atoms with E-state index in [2.05, 4.69) is 0 Å². The molecule has 0 spiro atoms. The van der Waals surface area contributed by atoms with Crippen LogP contribution in [0.15, 0.2) is 0 Å². The summed E-state index contributed by atoms with van der Waals surface area (Å²) in [4.78, 5) is 34.5. The summed E-state index contributed by atoms with van der Waals surface area (Å²) in [6, 6.07) is -0.369. The minimum absolute atomic E-state index is 0.00528. The molecule has 160 valence electrons. The first-order chi connectivity index (χ1) is 14.0. The summed E-state index contributed by atoms with van der Waals surface area (Å²) in [6.45, 7) is 5.84. The van der Waals surface area contributed by atoms with E-state index in [0.717, 1.165) is 38.2 Å². The molecule has 9 heteroatoms. The summed E-state index contributed by atoms with van der Waals surface area (Å²) < 4.78 is 10.8. The molecule has 2 amide bonds. The average molecular weight is 423 g/mol. The maximum atomic E-state index is 12.8. The van der Waals surface area contributed by atoms with E-state index in [4.69, 9.17) is 20.2 Å². The van der Waals surface area contributed by atoms with Crippen molar-refractivity contribution < 1.29 is 19.1 Å². The van der Waals surface area contributed by atoms with Crippen LogP contribution in [0.3, 0.4) is 0 Å². The van der Waals surface area contributed by atoms with Gasteiger partial charge < -0.3 is 25.0 Å². The van der Waals surface area contributed by atoms with Crippen LogP contribution in [-0.4, -0.2) is 78.2 Å². The predicted molar refractivity (Wildman–Crippen MR) is 109 cm³/mol. The van der Waals surface area contributed by atoms with Crippen LogP contribution in [0.2, 0.25) is 0 Å². The summed E-state index contributed by atoms with van der Waals surface area (Å²) in [5, 5.41) is 1.20. The van der Waals surface area contributed by atoms with Crippen molar-refractivity contribution in [3.8, 4) is 0 Å². The molecule has 3 aliphatic rings. The molecule has 0 radical (unpaired) electrons. The standard InChI is InChI=1S/C20H30N4O4S/c1-13-9-24(19(26)12-28-13)10-15(21)8-18(25)23-5-2-17-16(11-23)22-20(29-17)14-3-6-27-7-4-14/h13-15H,2-12,21H2,1H3/t13-,15-/m0/s1. The molecule has 0 bridgehead atoms. The minimum atomic E-state index is -0.369. The number of nitrogens with two attached hydrogens (primary N) is 1. The molecule has 1 aromatic rings. The van der Waals surface area contributed by atoms with Crippen LogP contribution in [0.1, 0.15) is 47.7 Å². The summed E-state index contributed by atoms with van der Waals surface area (Å²) in [5.41, 5.74) is 7.25. The third-order valence-corrected chi connectivity index (χ3v) is 7.20. The molecule has 2 saturated heterocycles. The van der Waals surface area contributed by atoms with Crippen LogP contribution in [0, 0.1) is 0 Å². The van der Waals surface area contributed by atoms with Gasteiger partial charge in [0.1, 0.15) is 6.61 Å². The Morgan fingerprint density at radius 2 is 2.17 bits per heavy atom. The highest BCUT2D eigenvalue weighted by Gasteiger charge is 2.29. The van der Waals surface area contributed by atoms with Crippen LogP contribution in [0.4, 0.5) is 0 Å². The smallest absolute Gasteiger partial charge is 0.248 e. The van der Waals surface area contributed by atoms with E-state index in [9.17, 15) is 9.59 Å². The SMILES string of the molecule is C[C@H]1CN(C[C@@H](N)CC(=O)N2CCc3sc(C4CCOCC4)nc3C2)C(=O)CO1. The van der Waals surface area contributed by atoms with Gasteiger partial charge in [-0.05, 0) is 19.8 Å². The Labute approximate surface area is 175 Å². The minimum Gasteiger partial charge on any atom is -0.381 e. The van der Waals surface area contributed by atoms with Gasteiger partial charge in [0, 0.05) is 62.5 Å². The fourth-order valence-electron chi connectivity index (χ4n) is 4.20. The molecule has 2 fully saturated rings. The van der Waals surface area contributed by atoms with Gasteiger partial charge in [0.25, 0.3) is 0 Å². The summed E-state index contributed by atoms with van der Waals surface area (Å²) in [7, 11) is 0. The lowest BCUT2D eigenvalue weighted by Crippen LogP contribution is -2.51. The lowest BCUT2D eigenvalue weighted by Gasteiger charge is -2.33. The molecule has 2 atom stereocenters. The number of nitrogens with zero attached hydrogens (tertiary/aromatic N) is 3. The van der Waals surface area contributed by atoms with E-state index >= 15 is 0 Å². The fourth-order valence-corrected chi connectivity index (χ4v) is 5.43. The Kier molecular flexibility index (Phi) is 6.48. The first-order valence-corrected chi connectivity index (χ1v) is 11.3. The molecule has 29 heavy (non-hydrogen) atoms. The molecule has 4 heterocycles. The maximum absolute atomic E-state index is 12.8. The summed E-state index contributed by atoms with van der Waals surface area (Å²) in [5.74, 6) is 0.472. The van der Waals surface area contributed by atoms with E-state index in [-0.39, 0.29) is 37.0 Å². The van der Waals surface area contributed by atoms with Gasteiger partial charge in [0.05, 0.1) is 23.4 Å². The van der Waals surface area contributed by atoms with Gasteiger partial charge in [-0.2, -0.15) is 0 Å². The molecule has 0 saturated carbocycles. The van der Waals surface area contributed by atoms with Gasteiger partial charge >= 0.3 is 0 Å². The average Bonchev–Trinajstić information content (AvgIpc) is 3.14. The largest absolute Gasteiger partial charge is 0.381 e. The quantitative estimate of drug-likeness (QED) is 0.757. The van der Waals surface area contributed by atoms with Gasteiger partial charge in [0.15, 0.2) is 0 Å². The van der Waals surface area contributed by atoms with E-state index in [1.807, 2.05) is 23.2 Å². The number of ether oxygens (including phenoxy) is 2. The normalized spacial score (nSPS) is 24.5. The monoisotopic (exact) mass is 422 g/mol. The first-order valence-electron chi connectivity index (χ1n) is 10.5. The molecule has 2 N–H and O–H groups in total. The second-order valence-corrected chi connectivity index (χ2v) is 9.37. The maximum Gasteiger partial charge on any atom is 0.248 e. The highest BCUT2D eigenvalue weighted by molar-refractivity contribution is 7.11. The van der Waals surface area contributed by atoms with Crippen molar-refractivity contribution in [3.05, 3.63) is 15.6 Å². The van der Waals surface area contributed by atoms with E-state index < -0.39 is 0 Å². The molecular weight excluding hydrogens is 392 g/mol. The second-order valence-electron chi connectivity index (χ2n) is 8.26. The van der Waals surface area contributed by atoms with Crippen LogP contribution in [0.5, 0.6) is 0 Å². The number of thiazole rings is 1. The summed E-state index contributed by atoms with van der Waals surface area (Å²) >= 11 is 1.81. The Bertz CT molecular complexity index is 749. The van der Waals surface area contributed by atoms with Crippen LogP contribution < -0.4 is 5.73 Å². The van der Waals surface area contributed by atoms with E-state index in [0.29, 0.717) is 32.1 Å². The molecule has 0 aromatic carbocycles. The van der Waals surface area contributed by atoms with Crippen molar-refractivity contribution in [3.63, 3.8) is 0 Å². The lowest BCUT2D eigenvalue weighted by molar-refractivity contribution is -0.148. The van der Waals surface area contributed by atoms with Crippen molar-refractivity contribution in [2.24, 2.45) is 5.73 Å². The number of carbonyl (C=O) groups is 2. The Morgan fingerprint density at radius 1 is 1.38 bits per heavy atom. The highest BCUT2D eigenvalue weighted by atomic mass is 32.1. The van der Waals surface area contributed by atoms with Gasteiger partial charge in [-0.1, -0.05) is 0 Å². The van der Waals surface area contributed by atoms with E-state index in [1.165, 1.54) is 9.88 Å². The van der Waals surface area contributed by atoms with Crippen LogP contribution in [0.25, 0.3) is 0 Å². The number of aromatic nitrogens is 1. The third-order valence-electron chi connectivity index (χ3n) is 5.88. The third kappa shape index (κ3) is 4.96. The number of morpholine rings is 1. The molecule has 0 aliphatic carbocycles. The molecule has 4 rings (SSSR count). The van der Waals surface area contributed by atoms with Crippen LogP contribution >= 0.6 is 11.3 Å². The Hall–Kier alpha value is -1.55. The zero-order valence-electron chi connectivity index (χ0n) is 17.0. The second kappa shape index (κ2) is 9.07. The molecular formula is C20H30N4O4S. The number of fused-ring (bicyclic) bond motifs is 1. The van der Waals surface area contributed by atoms with E-state index in [1.54, 1.807) is 4.90 Å². The van der Waals surface area contributed by atoms with Crippen molar-refractivity contribution in [2.45, 2.75) is 57.2 Å². The van der Waals surface area contributed by atoms with Gasteiger partial charge in [-0.15, -0.1) is 11.3 Å². The first kappa shape index (κ1) is 20.7. The number of rotatable bonds is 5. The van der Waals surface area contributed by atoms with Crippen molar-refractivity contribution >= 4 is 23.2 Å². The number of hydrogen-bond acceptors (Lipinski definition) is 7. The molecule has 0 unspecified atom stereocenters. The zero-order valence-corrected chi connectivity index (χ0v) is 17.8. The summed E-state index contributed by atoms with van der Waals surface area (Å²) in [6.07, 6.45) is 3.17. The van der Waals surface area contributed by atoms with Crippen molar-refractivity contribution in [2.75, 3.05) is 39.5 Å². The molecule has 3 aliphatic heterocycles. The van der Waals surface area contributed by atoms with Crippen molar-refractivity contribution in [1.29, 1.82) is 0 Å². The van der Waals surface area contributed by atoms with Gasteiger partial charge in [-0.25, -0.2) is 4.98 Å². The van der Waals surface area contributed by atoms with Crippen molar-refractivity contribution in [1.82, 2.24) is 14.8 Å². The Morgan fingerprint density at radius 3 is 2.97 bits per heavy atom. The number of carbonyl (C=O) groups excluding carboxylic acids is 2. The predicted octanol–water partition coefficient (Wildman–Crippen LogP) is 0.887. The van der Waals surface area contributed by atoms with Gasteiger partial charge in [0.2, 0.25) is 11.8 Å². The van der Waals surface area contributed by atoms with Crippen LogP contribution in [-0.2, 0) is 32.0 Å². The zero-order chi connectivity index (χ0) is 20.4.